The number of rotatable bonds is 4. The number of hydrogen-bond acceptors (Lipinski definition) is 3. The van der Waals surface area contributed by atoms with Crippen LogP contribution in [0.3, 0.4) is 0 Å². The molecule has 0 fully saturated rings. The predicted molar refractivity (Wildman–Crippen MR) is 78.1 cm³/mol. The Morgan fingerprint density at radius 1 is 1.29 bits per heavy atom. The van der Waals surface area contributed by atoms with Gasteiger partial charge in [-0.1, -0.05) is 12.1 Å². The number of ether oxygens (including phenoxy) is 1. The molecule has 1 aliphatic rings. The van der Waals surface area contributed by atoms with E-state index in [-0.39, 0.29) is 5.82 Å². The van der Waals surface area contributed by atoms with E-state index in [9.17, 15) is 4.39 Å². The molecule has 0 N–H and O–H groups in total. The normalized spacial score (nSPS) is 19.2. The smallest absolute Gasteiger partial charge is 0.123 e. The van der Waals surface area contributed by atoms with E-state index in [1.165, 1.54) is 12.1 Å². The van der Waals surface area contributed by atoms with Crippen molar-refractivity contribution in [1.29, 1.82) is 0 Å². The van der Waals surface area contributed by atoms with Crippen molar-refractivity contribution in [3.63, 3.8) is 0 Å². The lowest BCUT2D eigenvalue weighted by Crippen LogP contribution is -2.29. The van der Waals surface area contributed by atoms with Crippen molar-refractivity contribution >= 4 is 0 Å². The molecule has 1 aromatic carbocycles. The molecule has 1 unspecified atom stereocenters. The second kappa shape index (κ2) is 6.37. The second-order valence-electron chi connectivity index (χ2n) is 5.61. The lowest BCUT2D eigenvalue weighted by Gasteiger charge is -2.23. The van der Waals surface area contributed by atoms with Crippen molar-refractivity contribution in [2.75, 3.05) is 20.3 Å². The first-order chi connectivity index (χ1) is 10.2. The minimum Gasteiger partial charge on any atom is -0.384 e. The molecular weight excluding hydrogens is 269 g/mol. The van der Waals surface area contributed by atoms with Gasteiger partial charge in [-0.3, -0.25) is 4.90 Å². The van der Waals surface area contributed by atoms with Crippen molar-refractivity contribution in [2.24, 2.45) is 5.92 Å². The molecule has 5 heteroatoms. The van der Waals surface area contributed by atoms with E-state index in [4.69, 9.17) is 4.74 Å². The summed E-state index contributed by atoms with van der Waals surface area (Å²) in [6.07, 6.45) is 3.87. The van der Waals surface area contributed by atoms with E-state index >= 15 is 0 Å². The third-order valence-corrected chi connectivity index (χ3v) is 3.86. The molecule has 0 saturated carbocycles. The minimum atomic E-state index is -0.192. The molecule has 21 heavy (non-hydrogen) atoms. The molecule has 0 amide bonds. The first-order valence-corrected chi connectivity index (χ1v) is 7.20. The number of benzene rings is 1. The Morgan fingerprint density at radius 3 is 2.86 bits per heavy atom. The molecule has 0 aliphatic carbocycles. The van der Waals surface area contributed by atoms with Gasteiger partial charge in [-0.05, 0) is 17.7 Å². The maximum Gasteiger partial charge on any atom is 0.123 e. The van der Waals surface area contributed by atoms with Crippen LogP contribution in [-0.4, -0.2) is 34.7 Å². The van der Waals surface area contributed by atoms with Gasteiger partial charge < -0.3 is 9.30 Å². The van der Waals surface area contributed by atoms with E-state index in [2.05, 4.69) is 14.5 Å². The van der Waals surface area contributed by atoms with Crippen LogP contribution in [-0.2, 0) is 24.4 Å². The fourth-order valence-corrected chi connectivity index (χ4v) is 2.93. The first kappa shape index (κ1) is 14.2. The van der Waals surface area contributed by atoms with Gasteiger partial charge >= 0.3 is 0 Å². The summed E-state index contributed by atoms with van der Waals surface area (Å²) in [5.74, 6) is 1.32. The van der Waals surface area contributed by atoms with Crippen molar-refractivity contribution in [3.05, 3.63) is 53.9 Å². The number of halogens is 1. The molecule has 2 heterocycles. The summed E-state index contributed by atoms with van der Waals surface area (Å²) >= 11 is 0. The standard InChI is InChI=1S/C16H20FN3O/c1-21-12-14-9-19(8-13-2-4-15(17)5-3-13)11-16-18-6-7-20(16)10-14/h2-7,14H,8-12H2,1H3. The topological polar surface area (TPSA) is 30.3 Å². The van der Waals surface area contributed by atoms with Gasteiger partial charge in [0.25, 0.3) is 0 Å². The average Bonchev–Trinajstić information content (AvgIpc) is 2.82. The predicted octanol–water partition coefficient (Wildman–Crippen LogP) is 2.30. The lowest BCUT2D eigenvalue weighted by molar-refractivity contribution is 0.115. The monoisotopic (exact) mass is 289 g/mol. The Balaban J connectivity index is 1.76. The van der Waals surface area contributed by atoms with Crippen molar-refractivity contribution in [2.45, 2.75) is 19.6 Å². The summed E-state index contributed by atoms with van der Waals surface area (Å²) < 4.78 is 20.5. The highest BCUT2D eigenvalue weighted by Gasteiger charge is 2.22. The van der Waals surface area contributed by atoms with Gasteiger partial charge in [0, 0.05) is 45.1 Å². The number of fused-ring (bicyclic) bond motifs is 1. The van der Waals surface area contributed by atoms with E-state index in [0.717, 1.165) is 44.2 Å². The van der Waals surface area contributed by atoms with Crippen LogP contribution in [0.4, 0.5) is 4.39 Å². The van der Waals surface area contributed by atoms with E-state index < -0.39 is 0 Å². The maximum atomic E-state index is 13.0. The zero-order valence-electron chi connectivity index (χ0n) is 12.2. The molecule has 0 spiro atoms. The van der Waals surface area contributed by atoms with E-state index in [1.807, 2.05) is 24.5 Å². The molecule has 0 bridgehead atoms. The van der Waals surface area contributed by atoms with Crippen LogP contribution in [0.1, 0.15) is 11.4 Å². The van der Waals surface area contributed by atoms with Gasteiger partial charge in [0.15, 0.2) is 0 Å². The summed E-state index contributed by atoms with van der Waals surface area (Å²) in [5, 5.41) is 0. The molecular formula is C16H20FN3O. The van der Waals surface area contributed by atoms with Gasteiger partial charge in [-0.15, -0.1) is 0 Å². The second-order valence-corrected chi connectivity index (χ2v) is 5.61. The van der Waals surface area contributed by atoms with Crippen LogP contribution in [0.2, 0.25) is 0 Å². The van der Waals surface area contributed by atoms with Crippen LogP contribution >= 0.6 is 0 Å². The van der Waals surface area contributed by atoms with Crippen molar-refractivity contribution in [1.82, 2.24) is 14.5 Å². The first-order valence-electron chi connectivity index (χ1n) is 7.20. The molecule has 1 aromatic heterocycles. The zero-order valence-corrected chi connectivity index (χ0v) is 12.2. The lowest BCUT2D eigenvalue weighted by atomic mass is 10.1. The van der Waals surface area contributed by atoms with Gasteiger partial charge in [0.2, 0.25) is 0 Å². The van der Waals surface area contributed by atoms with Crippen molar-refractivity contribution in [3.8, 4) is 0 Å². The minimum absolute atomic E-state index is 0.192. The van der Waals surface area contributed by atoms with Gasteiger partial charge in [0.05, 0.1) is 13.2 Å². The molecule has 1 aliphatic heterocycles. The Kier molecular flexibility index (Phi) is 4.31. The molecule has 0 radical (unpaired) electrons. The largest absolute Gasteiger partial charge is 0.384 e. The highest BCUT2D eigenvalue weighted by Crippen LogP contribution is 2.18. The number of imidazole rings is 1. The number of methoxy groups -OCH3 is 1. The zero-order chi connectivity index (χ0) is 14.7. The molecule has 4 nitrogen and oxygen atoms in total. The number of hydrogen-bond donors (Lipinski definition) is 0. The van der Waals surface area contributed by atoms with Crippen LogP contribution in [0, 0.1) is 11.7 Å². The average molecular weight is 289 g/mol. The summed E-state index contributed by atoms with van der Waals surface area (Å²) in [6, 6.07) is 6.72. The van der Waals surface area contributed by atoms with Crippen LogP contribution < -0.4 is 0 Å². The molecule has 1 atom stereocenters. The third-order valence-electron chi connectivity index (χ3n) is 3.86. The number of aromatic nitrogens is 2. The third kappa shape index (κ3) is 3.49. The van der Waals surface area contributed by atoms with E-state index in [1.54, 1.807) is 7.11 Å². The van der Waals surface area contributed by atoms with Crippen molar-refractivity contribution < 1.29 is 9.13 Å². The fraction of sp³-hybridized carbons (Fsp3) is 0.438. The SMILES string of the molecule is COCC1CN(Cc2ccc(F)cc2)Cc2nccn2C1. The number of nitrogens with zero attached hydrogens (tertiary/aromatic N) is 3. The molecule has 112 valence electrons. The Labute approximate surface area is 124 Å². The highest BCUT2D eigenvalue weighted by molar-refractivity contribution is 5.16. The van der Waals surface area contributed by atoms with Crippen LogP contribution in [0.15, 0.2) is 36.7 Å². The summed E-state index contributed by atoms with van der Waals surface area (Å²) in [4.78, 5) is 6.79. The molecule has 3 rings (SSSR count). The fourth-order valence-electron chi connectivity index (χ4n) is 2.93. The van der Waals surface area contributed by atoms with Gasteiger partial charge in [-0.25, -0.2) is 9.37 Å². The quantitative estimate of drug-likeness (QED) is 0.865. The Bertz CT molecular complexity index is 581. The van der Waals surface area contributed by atoms with Gasteiger partial charge in [-0.2, -0.15) is 0 Å². The van der Waals surface area contributed by atoms with Gasteiger partial charge in [0.1, 0.15) is 11.6 Å². The van der Waals surface area contributed by atoms with Crippen LogP contribution in [0.25, 0.3) is 0 Å². The molecule has 0 saturated heterocycles. The summed E-state index contributed by atoms with van der Waals surface area (Å²) in [5.41, 5.74) is 1.12. The Hall–Kier alpha value is -1.72. The highest BCUT2D eigenvalue weighted by atomic mass is 19.1. The Morgan fingerprint density at radius 2 is 2.10 bits per heavy atom. The van der Waals surface area contributed by atoms with Crippen LogP contribution in [0.5, 0.6) is 0 Å². The summed E-state index contributed by atoms with van der Waals surface area (Å²) in [6.45, 7) is 4.23. The maximum absolute atomic E-state index is 13.0. The van der Waals surface area contributed by atoms with E-state index in [0.29, 0.717) is 5.92 Å². The summed E-state index contributed by atoms with van der Waals surface area (Å²) in [7, 11) is 1.74. The molecule has 2 aromatic rings.